The van der Waals surface area contributed by atoms with Crippen molar-refractivity contribution >= 4 is 33.9 Å². The van der Waals surface area contributed by atoms with E-state index in [9.17, 15) is 0 Å². The average molecular weight is 647 g/mol. The van der Waals surface area contributed by atoms with Gasteiger partial charge in [0.05, 0.1) is 24.2 Å². The minimum atomic E-state index is 0.598. The normalized spacial score (nSPS) is 11.3. The molecule has 3 aromatic rings. The van der Waals surface area contributed by atoms with Gasteiger partial charge in [0.25, 0.3) is 0 Å². The van der Waals surface area contributed by atoms with Crippen molar-refractivity contribution in [1.29, 1.82) is 0 Å². The summed E-state index contributed by atoms with van der Waals surface area (Å²) in [7, 11) is 3.82. The Morgan fingerprint density at radius 1 is 0.804 bits per heavy atom. The van der Waals surface area contributed by atoms with Crippen LogP contribution in [0.3, 0.4) is 0 Å². The van der Waals surface area contributed by atoms with Crippen molar-refractivity contribution in [2.45, 2.75) is 136 Å². The van der Waals surface area contributed by atoms with Crippen LogP contribution in [-0.4, -0.2) is 30.6 Å². The van der Waals surface area contributed by atoms with Crippen molar-refractivity contribution < 1.29 is 4.74 Å². The predicted molar refractivity (Wildman–Crippen MR) is 198 cm³/mol. The van der Waals surface area contributed by atoms with Crippen molar-refractivity contribution in [1.82, 2.24) is 9.88 Å². The van der Waals surface area contributed by atoms with E-state index in [0.29, 0.717) is 23.0 Å². The third kappa shape index (κ3) is 13.9. The first-order chi connectivity index (χ1) is 22.5. The summed E-state index contributed by atoms with van der Waals surface area (Å²) in [5.74, 6) is 0.670. The van der Waals surface area contributed by atoms with Crippen molar-refractivity contribution in [3.63, 3.8) is 0 Å². The van der Waals surface area contributed by atoms with E-state index in [4.69, 9.17) is 27.9 Å². The van der Waals surface area contributed by atoms with Gasteiger partial charge in [0, 0.05) is 35.9 Å². The Kier molecular flexibility index (Phi) is 18.6. The number of methoxy groups -OCH3 is 1. The molecule has 46 heavy (non-hydrogen) atoms. The molecule has 1 heterocycles. The van der Waals surface area contributed by atoms with Crippen LogP contribution in [0.15, 0.2) is 42.6 Å². The summed E-state index contributed by atoms with van der Waals surface area (Å²) in [5, 5.41) is 5.23. The van der Waals surface area contributed by atoms with Gasteiger partial charge in [-0.25, -0.2) is 4.85 Å². The molecule has 5 nitrogen and oxygen atoms in total. The van der Waals surface area contributed by atoms with Gasteiger partial charge in [-0.3, -0.25) is 4.98 Å². The molecule has 6 heteroatoms. The van der Waals surface area contributed by atoms with Gasteiger partial charge in [-0.2, -0.15) is 0 Å². The summed E-state index contributed by atoms with van der Waals surface area (Å²) in [6.45, 7) is 12.3. The lowest BCUT2D eigenvalue weighted by Crippen LogP contribution is -2.20. The quantitative estimate of drug-likeness (QED) is 0.0734. The van der Waals surface area contributed by atoms with Crippen LogP contribution >= 0.6 is 11.6 Å². The molecule has 0 unspecified atom stereocenters. The van der Waals surface area contributed by atoms with Gasteiger partial charge in [-0.05, 0) is 49.8 Å². The molecule has 0 saturated carbocycles. The summed E-state index contributed by atoms with van der Waals surface area (Å²) < 4.78 is 5.31. The van der Waals surface area contributed by atoms with Gasteiger partial charge in [0.15, 0.2) is 5.69 Å². The molecule has 0 radical (unpaired) electrons. The summed E-state index contributed by atoms with van der Waals surface area (Å²) in [6.07, 6.45) is 27.1. The smallest absolute Gasteiger partial charge is 0.188 e. The number of nitrogens with zero attached hydrogens (tertiary/aromatic N) is 3. The molecule has 252 valence electrons. The highest BCUT2D eigenvalue weighted by Gasteiger charge is 2.13. The number of unbranched alkanes of at least 4 members (excludes halogenated alkanes) is 17. The maximum absolute atomic E-state index is 7.52. The third-order valence-electron chi connectivity index (χ3n) is 9.08. The zero-order valence-corrected chi connectivity index (χ0v) is 29.8. The van der Waals surface area contributed by atoms with Crippen LogP contribution in [0, 0.1) is 6.57 Å². The van der Waals surface area contributed by atoms with Gasteiger partial charge < -0.3 is 15.0 Å². The Hall–Kier alpha value is -2.81. The van der Waals surface area contributed by atoms with Gasteiger partial charge in [0.1, 0.15) is 5.75 Å². The van der Waals surface area contributed by atoms with Gasteiger partial charge in [-0.15, -0.1) is 0 Å². The molecule has 0 fully saturated rings. The summed E-state index contributed by atoms with van der Waals surface area (Å²) in [6, 6.07) is 11.6. The molecule has 0 amide bonds. The molecule has 2 aromatic carbocycles. The highest BCUT2D eigenvalue weighted by Crippen LogP contribution is 2.32. The Balaban J connectivity index is 1.34. The lowest BCUT2D eigenvalue weighted by Gasteiger charge is -2.21. The second-order valence-corrected chi connectivity index (χ2v) is 13.4. The standard InChI is InChI=1S/C40H59ClN4O/c1-5-6-7-8-9-10-11-12-13-14-15-16-17-18-19-20-21-22-27-45(3)32-34-31-43-38-25-24-35(42-2)29-36(38)40(34)44-30-33-23-26-39(46-4)37(41)28-33/h23-26,28-29,31H,5-22,27,30,32H2,1,3-4H3,(H,43,44). The number of nitrogens with one attached hydrogen (secondary N) is 1. The molecule has 0 atom stereocenters. The average Bonchev–Trinajstić information content (AvgIpc) is 3.07. The van der Waals surface area contributed by atoms with Crippen LogP contribution in [0.1, 0.15) is 134 Å². The van der Waals surface area contributed by atoms with Crippen molar-refractivity contribution in [2.75, 3.05) is 26.0 Å². The van der Waals surface area contributed by atoms with Crippen LogP contribution in [0.4, 0.5) is 11.4 Å². The minimum Gasteiger partial charge on any atom is -0.495 e. The fraction of sp³-hybridized carbons (Fsp3) is 0.600. The molecular formula is C40H59ClN4O. The van der Waals surface area contributed by atoms with Gasteiger partial charge >= 0.3 is 0 Å². The summed E-state index contributed by atoms with van der Waals surface area (Å²) >= 11 is 6.39. The fourth-order valence-corrected chi connectivity index (χ4v) is 6.56. The molecule has 1 N–H and O–H groups in total. The summed E-state index contributed by atoms with van der Waals surface area (Å²) in [4.78, 5) is 10.8. The summed E-state index contributed by atoms with van der Waals surface area (Å²) in [5.41, 5.74) is 4.74. The number of hydrogen-bond donors (Lipinski definition) is 1. The van der Waals surface area contributed by atoms with E-state index in [0.717, 1.165) is 40.8 Å². The monoisotopic (exact) mass is 646 g/mol. The molecule has 0 aliphatic carbocycles. The highest BCUT2D eigenvalue weighted by atomic mass is 35.5. The first kappa shape index (κ1) is 37.6. The van der Waals surface area contributed by atoms with Gasteiger partial charge in [0.2, 0.25) is 0 Å². The molecule has 0 bridgehead atoms. The molecule has 0 aliphatic rings. The van der Waals surface area contributed by atoms with E-state index in [1.54, 1.807) is 7.11 Å². The molecule has 1 aromatic heterocycles. The molecule has 0 aliphatic heterocycles. The Morgan fingerprint density at radius 3 is 1.93 bits per heavy atom. The number of ether oxygens (including phenoxy) is 1. The number of rotatable bonds is 25. The number of anilines is 1. The first-order valence-corrected chi connectivity index (χ1v) is 18.5. The van der Waals surface area contributed by atoms with Crippen molar-refractivity contribution in [3.8, 4) is 5.75 Å². The fourth-order valence-electron chi connectivity index (χ4n) is 6.28. The van der Waals surface area contributed by atoms with Crippen LogP contribution in [-0.2, 0) is 13.1 Å². The third-order valence-corrected chi connectivity index (χ3v) is 9.37. The Bertz CT molecular complexity index is 1320. The second kappa shape index (κ2) is 22.7. The number of hydrogen-bond acceptors (Lipinski definition) is 4. The lowest BCUT2D eigenvalue weighted by molar-refractivity contribution is 0.316. The Morgan fingerprint density at radius 2 is 1.39 bits per heavy atom. The van der Waals surface area contributed by atoms with E-state index >= 15 is 0 Å². The van der Waals surface area contributed by atoms with Crippen LogP contribution in [0.25, 0.3) is 15.7 Å². The SMILES string of the molecule is [C-]#[N+]c1ccc2ncc(CN(C)CCCCCCCCCCCCCCCCCCCC)c(NCc3ccc(OC)c(Cl)c3)c2c1. The van der Waals surface area contributed by atoms with Crippen molar-refractivity contribution in [2.24, 2.45) is 0 Å². The lowest BCUT2D eigenvalue weighted by atomic mass is 10.0. The van der Waals surface area contributed by atoms with E-state index in [1.807, 2.05) is 42.6 Å². The zero-order chi connectivity index (χ0) is 32.8. The number of pyridine rings is 1. The Labute approximate surface area is 285 Å². The van der Waals surface area contributed by atoms with E-state index in [-0.39, 0.29) is 0 Å². The number of aromatic nitrogens is 1. The minimum absolute atomic E-state index is 0.598. The topological polar surface area (TPSA) is 41.8 Å². The van der Waals surface area contributed by atoms with Gasteiger partial charge in [-0.1, -0.05) is 140 Å². The predicted octanol–water partition coefficient (Wildman–Crippen LogP) is 12.5. The van der Waals surface area contributed by atoms with Crippen LogP contribution < -0.4 is 10.1 Å². The van der Waals surface area contributed by atoms with Crippen molar-refractivity contribution in [3.05, 3.63) is 70.2 Å². The molecule has 0 spiro atoms. The van der Waals surface area contributed by atoms with Crippen LogP contribution in [0.5, 0.6) is 5.75 Å². The maximum atomic E-state index is 7.52. The number of halogens is 1. The van der Waals surface area contributed by atoms with E-state index in [1.165, 1.54) is 116 Å². The molecule has 0 saturated heterocycles. The van der Waals surface area contributed by atoms with E-state index < -0.39 is 0 Å². The number of fused-ring (bicyclic) bond motifs is 1. The number of benzene rings is 2. The molecule has 3 rings (SSSR count). The van der Waals surface area contributed by atoms with Crippen LogP contribution in [0.2, 0.25) is 5.02 Å². The zero-order valence-electron chi connectivity index (χ0n) is 29.0. The first-order valence-electron chi connectivity index (χ1n) is 18.1. The van der Waals surface area contributed by atoms with E-state index in [2.05, 4.69) is 29.0 Å². The maximum Gasteiger partial charge on any atom is 0.188 e. The highest BCUT2D eigenvalue weighted by molar-refractivity contribution is 6.32. The molecular weight excluding hydrogens is 588 g/mol. The largest absolute Gasteiger partial charge is 0.495 e. The second-order valence-electron chi connectivity index (χ2n) is 13.0.